The van der Waals surface area contributed by atoms with Crippen molar-refractivity contribution in [1.82, 2.24) is 0 Å². The van der Waals surface area contributed by atoms with Crippen molar-refractivity contribution >= 4 is 11.3 Å². The highest BCUT2D eigenvalue weighted by Gasteiger charge is 2.39. The fourth-order valence-electron chi connectivity index (χ4n) is 0.608. The molecule has 1 rings (SSSR count). The summed E-state index contributed by atoms with van der Waals surface area (Å²) in [5.74, 6) is 0. The number of aliphatic hydroxyl groups is 1. The van der Waals surface area contributed by atoms with E-state index in [4.69, 9.17) is 5.11 Å². The van der Waals surface area contributed by atoms with Crippen molar-refractivity contribution in [2.24, 2.45) is 0 Å². The van der Waals surface area contributed by atoms with Gasteiger partial charge in [-0.15, -0.1) is 11.3 Å². The second-order valence-corrected chi connectivity index (χ2v) is 2.94. The van der Waals surface area contributed by atoms with E-state index in [1.54, 1.807) is 0 Å². The lowest BCUT2D eigenvalue weighted by molar-refractivity contribution is -0.205. The van der Waals surface area contributed by atoms with Crippen molar-refractivity contribution in [3.63, 3.8) is 0 Å². The van der Waals surface area contributed by atoms with Crippen LogP contribution < -0.4 is 0 Å². The number of rotatable bonds is 1. The van der Waals surface area contributed by atoms with Gasteiger partial charge in [0.25, 0.3) is 0 Å². The highest BCUT2D eigenvalue weighted by Crippen LogP contribution is 2.34. The first kappa shape index (κ1) is 8.55. The van der Waals surface area contributed by atoms with Crippen LogP contribution in [0.2, 0.25) is 0 Å². The van der Waals surface area contributed by atoms with Gasteiger partial charge in [0.2, 0.25) is 0 Å². The Balaban J connectivity index is 2.78. The van der Waals surface area contributed by atoms with Crippen LogP contribution in [0, 0.1) is 0 Å². The van der Waals surface area contributed by atoms with Crippen molar-refractivity contribution in [3.8, 4) is 0 Å². The quantitative estimate of drug-likeness (QED) is 0.706. The molecule has 0 amide bonds. The molecule has 0 saturated heterocycles. The molecule has 5 heteroatoms. The van der Waals surface area contributed by atoms with Crippen LogP contribution in [0.5, 0.6) is 0 Å². The smallest absolute Gasteiger partial charge is 0.379 e. The summed E-state index contributed by atoms with van der Waals surface area (Å²) in [6.07, 6.45) is -6.88. The molecule has 0 bridgehead atoms. The van der Waals surface area contributed by atoms with Gasteiger partial charge in [-0.3, -0.25) is 0 Å². The van der Waals surface area contributed by atoms with Gasteiger partial charge in [-0.05, 0) is 11.4 Å². The second-order valence-electron chi connectivity index (χ2n) is 1.96. The zero-order chi connectivity index (χ0) is 8.48. The lowest BCUT2D eigenvalue weighted by Crippen LogP contribution is -2.18. The van der Waals surface area contributed by atoms with E-state index in [0.717, 1.165) is 11.3 Å². The average molecular weight is 182 g/mol. The zero-order valence-electron chi connectivity index (χ0n) is 5.30. The standard InChI is InChI=1S/C6H5F3OS/c7-6(8,9)5(10)4-2-1-3-11-4/h1-3,5,10H. The lowest BCUT2D eigenvalue weighted by Gasteiger charge is -2.11. The summed E-state index contributed by atoms with van der Waals surface area (Å²) < 4.78 is 35.3. The average Bonchev–Trinajstić information content (AvgIpc) is 2.34. The molecule has 1 aromatic rings. The third-order valence-electron chi connectivity index (χ3n) is 1.12. The third kappa shape index (κ3) is 1.94. The first-order valence-corrected chi connectivity index (χ1v) is 3.68. The van der Waals surface area contributed by atoms with Crippen LogP contribution >= 0.6 is 11.3 Å². The van der Waals surface area contributed by atoms with Gasteiger partial charge in [0.1, 0.15) is 0 Å². The van der Waals surface area contributed by atoms with E-state index in [-0.39, 0.29) is 4.88 Å². The SMILES string of the molecule is OC(c1cccs1)C(F)(F)F. The van der Waals surface area contributed by atoms with E-state index in [2.05, 4.69) is 0 Å². The number of aliphatic hydroxyl groups excluding tert-OH is 1. The first-order valence-electron chi connectivity index (χ1n) is 2.80. The van der Waals surface area contributed by atoms with Crippen LogP contribution in [0.25, 0.3) is 0 Å². The minimum Gasteiger partial charge on any atom is -0.379 e. The van der Waals surface area contributed by atoms with Crippen LogP contribution in [0.15, 0.2) is 17.5 Å². The maximum atomic E-state index is 11.8. The summed E-state index contributed by atoms with van der Waals surface area (Å²) in [6.45, 7) is 0. The summed E-state index contributed by atoms with van der Waals surface area (Å²) in [7, 11) is 0. The largest absolute Gasteiger partial charge is 0.419 e. The van der Waals surface area contributed by atoms with E-state index < -0.39 is 12.3 Å². The summed E-state index contributed by atoms with van der Waals surface area (Å²) >= 11 is 0.888. The van der Waals surface area contributed by atoms with E-state index in [0.29, 0.717) is 0 Å². The topological polar surface area (TPSA) is 20.2 Å². The Morgan fingerprint density at radius 1 is 1.45 bits per heavy atom. The van der Waals surface area contributed by atoms with Crippen molar-refractivity contribution in [3.05, 3.63) is 22.4 Å². The second kappa shape index (κ2) is 2.83. The number of halogens is 3. The summed E-state index contributed by atoms with van der Waals surface area (Å²) in [5.41, 5.74) is 0. The minimum absolute atomic E-state index is 0.0718. The third-order valence-corrected chi connectivity index (χ3v) is 2.05. The number of hydrogen-bond acceptors (Lipinski definition) is 2. The van der Waals surface area contributed by atoms with Crippen molar-refractivity contribution in [2.45, 2.75) is 12.3 Å². The summed E-state index contributed by atoms with van der Waals surface area (Å²) in [6, 6.07) is 2.72. The van der Waals surface area contributed by atoms with Crippen molar-refractivity contribution < 1.29 is 18.3 Å². The van der Waals surface area contributed by atoms with E-state index in [1.165, 1.54) is 17.5 Å². The highest BCUT2D eigenvalue weighted by atomic mass is 32.1. The van der Waals surface area contributed by atoms with Gasteiger partial charge in [-0.1, -0.05) is 6.07 Å². The summed E-state index contributed by atoms with van der Waals surface area (Å²) in [5, 5.41) is 10.1. The fraction of sp³-hybridized carbons (Fsp3) is 0.333. The number of hydrogen-bond donors (Lipinski definition) is 1. The Morgan fingerprint density at radius 3 is 2.45 bits per heavy atom. The molecule has 1 unspecified atom stereocenters. The molecule has 0 radical (unpaired) electrons. The molecular formula is C6H5F3OS. The molecule has 0 fully saturated rings. The van der Waals surface area contributed by atoms with E-state index in [9.17, 15) is 13.2 Å². The number of alkyl halides is 3. The molecule has 1 atom stereocenters. The monoisotopic (exact) mass is 182 g/mol. The molecular weight excluding hydrogens is 177 g/mol. The molecule has 0 spiro atoms. The Labute approximate surface area is 65.1 Å². The van der Waals surface area contributed by atoms with Crippen LogP contribution in [0.1, 0.15) is 11.0 Å². The molecule has 0 aliphatic carbocycles. The van der Waals surface area contributed by atoms with Gasteiger partial charge in [0.15, 0.2) is 6.10 Å². The van der Waals surface area contributed by atoms with Gasteiger partial charge in [0, 0.05) is 4.88 Å². The van der Waals surface area contributed by atoms with Gasteiger partial charge in [-0.25, -0.2) is 0 Å². The van der Waals surface area contributed by atoms with Crippen molar-refractivity contribution in [2.75, 3.05) is 0 Å². The Bertz CT molecular complexity index is 216. The Kier molecular flexibility index (Phi) is 2.20. The lowest BCUT2D eigenvalue weighted by atomic mass is 10.3. The van der Waals surface area contributed by atoms with Crippen LogP contribution in [-0.2, 0) is 0 Å². The molecule has 62 valence electrons. The normalized spacial score (nSPS) is 14.9. The first-order chi connectivity index (χ1) is 5.02. The predicted octanol–water partition coefficient (Wildman–Crippen LogP) is 2.34. The maximum Gasteiger partial charge on any atom is 0.419 e. The van der Waals surface area contributed by atoms with Gasteiger partial charge < -0.3 is 5.11 Å². The molecule has 0 aliphatic heterocycles. The minimum atomic E-state index is -4.55. The van der Waals surface area contributed by atoms with Gasteiger partial charge in [0.05, 0.1) is 0 Å². The van der Waals surface area contributed by atoms with Gasteiger partial charge in [-0.2, -0.15) is 13.2 Å². The maximum absolute atomic E-state index is 11.8. The van der Waals surface area contributed by atoms with Crippen molar-refractivity contribution in [1.29, 1.82) is 0 Å². The Morgan fingerprint density at radius 2 is 2.09 bits per heavy atom. The molecule has 1 aromatic heterocycles. The molecule has 0 aliphatic rings. The predicted molar refractivity (Wildman–Crippen MR) is 35.3 cm³/mol. The fourth-order valence-corrected chi connectivity index (χ4v) is 1.34. The molecule has 1 heterocycles. The van der Waals surface area contributed by atoms with Gasteiger partial charge >= 0.3 is 6.18 Å². The van der Waals surface area contributed by atoms with Crippen LogP contribution in [-0.4, -0.2) is 11.3 Å². The number of thiophene rings is 1. The molecule has 0 aromatic carbocycles. The van der Waals surface area contributed by atoms with Crippen LogP contribution in [0.4, 0.5) is 13.2 Å². The molecule has 11 heavy (non-hydrogen) atoms. The molecule has 1 N–H and O–H groups in total. The molecule has 0 saturated carbocycles. The molecule has 1 nitrogen and oxygen atoms in total. The van der Waals surface area contributed by atoms with E-state index in [1.807, 2.05) is 0 Å². The zero-order valence-corrected chi connectivity index (χ0v) is 6.12. The Hall–Kier alpha value is -0.550. The highest BCUT2D eigenvalue weighted by molar-refractivity contribution is 7.10. The van der Waals surface area contributed by atoms with E-state index >= 15 is 0 Å². The summed E-state index contributed by atoms with van der Waals surface area (Å²) in [4.78, 5) is -0.0718. The van der Waals surface area contributed by atoms with Crippen LogP contribution in [0.3, 0.4) is 0 Å².